The van der Waals surface area contributed by atoms with Crippen LogP contribution in [-0.2, 0) is 6.54 Å². The Morgan fingerprint density at radius 2 is 2.10 bits per heavy atom. The van der Waals surface area contributed by atoms with Gasteiger partial charge in [0, 0.05) is 16.5 Å². The SMILES string of the molecule is COc1ccc(C(=N)N)cc1Cn1ncc2ccccc21. The molecule has 0 aliphatic carbocycles. The van der Waals surface area contributed by atoms with Crippen molar-refractivity contribution in [2.75, 3.05) is 7.11 Å². The third kappa shape index (κ3) is 2.45. The molecule has 5 heteroatoms. The lowest BCUT2D eigenvalue weighted by Gasteiger charge is -2.11. The number of aromatic nitrogens is 2. The molecule has 0 aliphatic heterocycles. The molecule has 3 N–H and O–H groups in total. The first-order valence-corrected chi connectivity index (χ1v) is 6.61. The lowest BCUT2D eigenvalue weighted by molar-refractivity contribution is 0.407. The average Bonchev–Trinajstić information content (AvgIpc) is 2.90. The van der Waals surface area contributed by atoms with Crippen molar-refractivity contribution < 1.29 is 4.74 Å². The fraction of sp³-hybridized carbons (Fsp3) is 0.125. The van der Waals surface area contributed by atoms with Gasteiger partial charge in [0.05, 0.1) is 25.4 Å². The maximum absolute atomic E-state index is 7.56. The number of hydrogen-bond donors (Lipinski definition) is 2. The van der Waals surface area contributed by atoms with Gasteiger partial charge in [-0.3, -0.25) is 10.1 Å². The third-order valence-corrected chi connectivity index (χ3v) is 3.46. The number of amidine groups is 1. The molecule has 21 heavy (non-hydrogen) atoms. The van der Waals surface area contributed by atoms with Crippen LogP contribution in [0.15, 0.2) is 48.7 Å². The highest BCUT2D eigenvalue weighted by Crippen LogP contribution is 2.22. The van der Waals surface area contributed by atoms with Crippen LogP contribution < -0.4 is 10.5 Å². The lowest BCUT2D eigenvalue weighted by atomic mass is 10.1. The summed E-state index contributed by atoms with van der Waals surface area (Å²) < 4.78 is 7.30. The number of nitrogens with one attached hydrogen (secondary N) is 1. The van der Waals surface area contributed by atoms with E-state index in [-0.39, 0.29) is 5.84 Å². The summed E-state index contributed by atoms with van der Waals surface area (Å²) in [6, 6.07) is 13.5. The number of methoxy groups -OCH3 is 1. The molecule has 0 fully saturated rings. The Kier molecular flexibility index (Phi) is 3.31. The zero-order valence-corrected chi connectivity index (χ0v) is 11.7. The van der Waals surface area contributed by atoms with Gasteiger partial charge in [-0.2, -0.15) is 5.10 Å². The summed E-state index contributed by atoms with van der Waals surface area (Å²) in [5, 5.41) is 13.1. The predicted octanol–water partition coefficient (Wildman–Crippen LogP) is 2.38. The Bertz CT molecular complexity index is 807. The lowest BCUT2D eigenvalue weighted by Crippen LogP contribution is -2.12. The van der Waals surface area contributed by atoms with E-state index in [2.05, 4.69) is 5.10 Å². The molecule has 1 heterocycles. The number of hydrogen-bond acceptors (Lipinski definition) is 3. The van der Waals surface area contributed by atoms with E-state index in [0.29, 0.717) is 12.1 Å². The van der Waals surface area contributed by atoms with Crippen molar-refractivity contribution in [1.29, 1.82) is 5.41 Å². The van der Waals surface area contributed by atoms with Gasteiger partial charge in [0.25, 0.3) is 0 Å². The number of ether oxygens (including phenoxy) is 1. The van der Waals surface area contributed by atoms with Crippen LogP contribution in [0.2, 0.25) is 0 Å². The number of nitrogen functional groups attached to an aromatic ring is 1. The third-order valence-electron chi connectivity index (χ3n) is 3.46. The molecule has 0 atom stereocenters. The number of benzene rings is 2. The quantitative estimate of drug-likeness (QED) is 0.569. The maximum atomic E-state index is 7.56. The standard InChI is InChI=1S/C16H16N4O/c1-21-15-7-6-11(16(17)18)8-13(15)10-20-14-5-3-2-4-12(14)9-19-20/h2-9H,10H2,1H3,(H3,17,18). The number of nitrogens with zero attached hydrogens (tertiary/aromatic N) is 2. The van der Waals surface area contributed by atoms with Crippen molar-refractivity contribution in [3.8, 4) is 5.75 Å². The minimum absolute atomic E-state index is 0.0456. The van der Waals surface area contributed by atoms with Gasteiger partial charge in [0.15, 0.2) is 0 Å². The second-order valence-electron chi connectivity index (χ2n) is 4.80. The number of rotatable bonds is 4. The molecule has 0 aliphatic rings. The molecule has 0 bridgehead atoms. The van der Waals surface area contributed by atoms with Crippen LogP contribution in [0.4, 0.5) is 0 Å². The van der Waals surface area contributed by atoms with E-state index in [4.69, 9.17) is 15.9 Å². The Hall–Kier alpha value is -2.82. The van der Waals surface area contributed by atoms with Gasteiger partial charge in [-0.25, -0.2) is 0 Å². The Morgan fingerprint density at radius 1 is 1.29 bits per heavy atom. The van der Waals surface area contributed by atoms with Crippen LogP contribution in [0.25, 0.3) is 10.9 Å². The van der Waals surface area contributed by atoms with Crippen LogP contribution in [0, 0.1) is 5.41 Å². The van der Waals surface area contributed by atoms with Gasteiger partial charge in [-0.1, -0.05) is 18.2 Å². The molecule has 0 saturated heterocycles. The van der Waals surface area contributed by atoms with Crippen LogP contribution in [0.5, 0.6) is 5.75 Å². The molecule has 5 nitrogen and oxygen atoms in total. The van der Waals surface area contributed by atoms with Gasteiger partial charge in [-0.15, -0.1) is 0 Å². The molecule has 0 unspecified atom stereocenters. The highest BCUT2D eigenvalue weighted by molar-refractivity contribution is 5.95. The van der Waals surface area contributed by atoms with E-state index in [0.717, 1.165) is 22.2 Å². The van der Waals surface area contributed by atoms with Gasteiger partial charge >= 0.3 is 0 Å². The Morgan fingerprint density at radius 3 is 2.86 bits per heavy atom. The predicted molar refractivity (Wildman–Crippen MR) is 82.8 cm³/mol. The van der Waals surface area contributed by atoms with E-state index >= 15 is 0 Å². The van der Waals surface area contributed by atoms with E-state index in [1.54, 1.807) is 13.2 Å². The second kappa shape index (κ2) is 5.28. The topological polar surface area (TPSA) is 76.9 Å². The van der Waals surface area contributed by atoms with Crippen LogP contribution in [-0.4, -0.2) is 22.7 Å². The maximum Gasteiger partial charge on any atom is 0.123 e. The summed E-state index contributed by atoms with van der Waals surface area (Å²) >= 11 is 0. The van der Waals surface area contributed by atoms with Crippen molar-refractivity contribution in [2.45, 2.75) is 6.54 Å². The van der Waals surface area contributed by atoms with Crippen LogP contribution in [0.1, 0.15) is 11.1 Å². The summed E-state index contributed by atoms with van der Waals surface area (Å²) in [6.07, 6.45) is 1.84. The smallest absolute Gasteiger partial charge is 0.123 e. The number of para-hydroxylation sites is 1. The zero-order chi connectivity index (χ0) is 14.8. The molecule has 3 rings (SSSR count). The van der Waals surface area contributed by atoms with Crippen LogP contribution >= 0.6 is 0 Å². The van der Waals surface area contributed by atoms with Crippen molar-refractivity contribution in [2.24, 2.45) is 5.73 Å². The monoisotopic (exact) mass is 280 g/mol. The molecule has 0 saturated carbocycles. The summed E-state index contributed by atoms with van der Waals surface area (Å²) in [5.41, 5.74) is 8.25. The normalized spacial score (nSPS) is 10.7. The van der Waals surface area contributed by atoms with E-state index in [9.17, 15) is 0 Å². The highest BCUT2D eigenvalue weighted by Gasteiger charge is 2.09. The molecule has 2 aromatic carbocycles. The van der Waals surface area contributed by atoms with E-state index in [1.807, 2.05) is 47.3 Å². The summed E-state index contributed by atoms with van der Waals surface area (Å²) in [4.78, 5) is 0. The molecule has 3 aromatic rings. The number of nitrogens with two attached hydrogens (primary N) is 1. The van der Waals surface area contributed by atoms with Gasteiger partial charge in [0.1, 0.15) is 11.6 Å². The molecular formula is C16H16N4O. The summed E-state index contributed by atoms with van der Waals surface area (Å²) in [5.74, 6) is 0.809. The molecule has 1 aromatic heterocycles. The summed E-state index contributed by atoms with van der Waals surface area (Å²) in [6.45, 7) is 0.567. The average molecular weight is 280 g/mol. The molecule has 0 radical (unpaired) electrons. The number of fused-ring (bicyclic) bond motifs is 1. The molecule has 106 valence electrons. The Labute approximate surface area is 122 Å². The Balaban J connectivity index is 2.04. The largest absolute Gasteiger partial charge is 0.496 e. The molecular weight excluding hydrogens is 264 g/mol. The van der Waals surface area contributed by atoms with E-state index < -0.39 is 0 Å². The van der Waals surface area contributed by atoms with Crippen LogP contribution in [0.3, 0.4) is 0 Å². The van der Waals surface area contributed by atoms with Gasteiger partial charge in [-0.05, 0) is 24.3 Å². The fourth-order valence-electron chi connectivity index (χ4n) is 2.38. The molecule has 0 spiro atoms. The van der Waals surface area contributed by atoms with Crippen molar-refractivity contribution in [3.05, 3.63) is 59.8 Å². The van der Waals surface area contributed by atoms with Gasteiger partial charge < -0.3 is 10.5 Å². The highest BCUT2D eigenvalue weighted by atomic mass is 16.5. The first kappa shape index (κ1) is 13.2. The second-order valence-corrected chi connectivity index (χ2v) is 4.80. The minimum Gasteiger partial charge on any atom is -0.496 e. The molecule has 0 amide bonds. The van der Waals surface area contributed by atoms with Crippen molar-refractivity contribution in [3.63, 3.8) is 0 Å². The zero-order valence-electron chi connectivity index (χ0n) is 11.7. The van der Waals surface area contributed by atoms with Crippen molar-refractivity contribution >= 4 is 16.7 Å². The summed E-state index contributed by atoms with van der Waals surface area (Å²) in [7, 11) is 1.63. The van der Waals surface area contributed by atoms with Gasteiger partial charge in [0.2, 0.25) is 0 Å². The first-order valence-electron chi connectivity index (χ1n) is 6.61. The minimum atomic E-state index is 0.0456. The first-order chi connectivity index (χ1) is 10.2. The van der Waals surface area contributed by atoms with E-state index in [1.165, 1.54) is 0 Å². The fourth-order valence-corrected chi connectivity index (χ4v) is 2.38. The van der Waals surface area contributed by atoms with Crippen molar-refractivity contribution in [1.82, 2.24) is 9.78 Å².